The largest absolute Gasteiger partial charge is 0.0842 e. The highest BCUT2D eigenvalue weighted by atomic mass is 14.5. The van der Waals surface area contributed by atoms with Crippen LogP contribution in [0, 0.1) is 23.7 Å². The Morgan fingerprint density at radius 2 is 1.11 bits per heavy atom. The Kier molecular flexibility index (Phi) is 8.03. The zero-order valence-corrected chi connectivity index (χ0v) is 33.8. The first-order chi connectivity index (χ1) is 26.9. The van der Waals surface area contributed by atoms with Crippen LogP contribution >= 0.6 is 0 Å². The lowest BCUT2D eigenvalue weighted by atomic mass is 9.59. The van der Waals surface area contributed by atoms with E-state index in [1.54, 1.807) is 89.2 Å². The highest BCUT2D eigenvalue weighted by Crippen LogP contribution is 2.58. The fourth-order valence-electron chi connectivity index (χ4n) is 13.2. The minimum atomic E-state index is 0.0635. The van der Waals surface area contributed by atoms with Crippen molar-refractivity contribution >= 4 is 5.57 Å². The summed E-state index contributed by atoms with van der Waals surface area (Å²) in [4.78, 5) is 0. The van der Waals surface area contributed by atoms with Gasteiger partial charge in [-0.25, -0.2) is 0 Å². The molecule has 11 rings (SSSR count). The van der Waals surface area contributed by atoms with Crippen molar-refractivity contribution in [3.63, 3.8) is 0 Å². The fourth-order valence-corrected chi connectivity index (χ4v) is 13.2. The van der Waals surface area contributed by atoms with Crippen LogP contribution in [0.15, 0.2) is 169 Å². The SMILES string of the molecule is CC1=CCC2CCC=CC2=C1C1CC2=C(CC(C3=C4C=CCCC4CC=C3C)C3=C2CCC(C2=CC4=C(CC2)c2ccccc2C4(C)C)=C3)C2=C1C=CCC2. The number of benzene rings is 1. The first kappa shape index (κ1) is 34.1. The lowest BCUT2D eigenvalue weighted by Gasteiger charge is -2.44. The summed E-state index contributed by atoms with van der Waals surface area (Å²) in [6, 6.07) is 9.23. The molecule has 0 saturated carbocycles. The molecule has 0 bridgehead atoms. The molecule has 4 unspecified atom stereocenters. The molecule has 55 heavy (non-hydrogen) atoms. The summed E-state index contributed by atoms with van der Waals surface area (Å²) in [5.74, 6) is 2.29. The normalized spacial score (nSPS) is 30.5. The van der Waals surface area contributed by atoms with Gasteiger partial charge in [0.15, 0.2) is 0 Å². The maximum atomic E-state index is 2.78. The molecule has 10 aliphatic carbocycles. The van der Waals surface area contributed by atoms with Crippen LogP contribution in [0.1, 0.15) is 129 Å². The van der Waals surface area contributed by atoms with E-state index < -0.39 is 0 Å². The van der Waals surface area contributed by atoms with Crippen LogP contribution in [0.4, 0.5) is 0 Å². The van der Waals surface area contributed by atoms with Gasteiger partial charge in [0.25, 0.3) is 0 Å². The molecule has 0 spiro atoms. The van der Waals surface area contributed by atoms with Crippen LogP contribution < -0.4 is 0 Å². The van der Waals surface area contributed by atoms with Gasteiger partial charge in [-0.15, -0.1) is 0 Å². The van der Waals surface area contributed by atoms with E-state index in [2.05, 4.69) is 113 Å². The Labute approximate surface area is 330 Å². The van der Waals surface area contributed by atoms with E-state index in [0.29, 0.717) is 23.7 Å². The van der Waals surface area contributed by atoms with Crippen molar-refractivity contribution in [3.8, 4) is 0 Å². The van der Waals surface area contributed by atoms with Gasteiger partial charge in [0.2, 0.25) is 0 Å². The van der Waals surface area contributed by atoms with Crippen molar-refractivity contribution in [2.75, 3.05) is 0 Å². The van der Waals surface area contributed by atoms with Crippen LogP contribution in [-0.2, 0) is 5.41 Å². The predicted octanol–water partition coefficient (Wildman–Crippen LogP) is 14.7. The maximum absolute atomic E-state index is 2.78. The minimum Gasteiger partial charge on any atom is -0.0842 e. The van der Waals surface area contributed by atoms with Crippen molar-refractivity contribution in [3.05, 3.63) is 180 Å². The summed E-state index contributed by atoms with van der Waals surface area (Å²) in [5, 5.41) is 0. The molecule has 0 heterocycles. The molecule has 0 aromatic heterocycles. The van der Waals surface area contributed by atoms with Gasteiger partial charge in [0.1, 0.15) is 0 Å². The molecule has 0 fully saturated rings. The Hall–Kier alpha value is -4.16. The van der Waals surface area contributed by atoms with Crippen LogP contribution in [0.5, 0.6) is 0 Å². The standard InChI is InChI=1S/C55H58/c1-33-21-23-35-13-5-7-15-39(35)53(33)49-31-48-43-27-25-37(38-26-28-45-44-19-11-12-20-51(44)55(3,4)52(45)30-38)29-46(43)50(32-47(48)41-17-9-10-18-42(41)49)54-34(2)22-24-36-14-6-8-16-40(36)54/h7-8,10-12,15-16,18-22,29-30,35-36,49-50H,5-6,9,13-14,17,23-28,31-32H2,1-4H3. The van der Waals surface area contributed by atoms with E-state index in [-0.39, 0.29) is 5.41 Å². The summed E-state index contributed by atoms with van der Waals surface area (Å²) in [6.07, 6.45) is 42.7. The summed E-state index contributed by atoms with van der Waals surface area (Å²) in [7, 11) is 0. The smallest absolute Gasteiger partial charge is 0.0155 e. The maximum Gasteiger partial charge on any atom is 0.0155 e. The molecule has 10 aliphatic rings. The van der Waals surface area contributed by atoms with Crippen LogP contribution in [-0.4, -0.2) is 0 Å². The third-order valence-electron chi connectivity index (χ3n) is 15.9. The molecule has 0 aliphatic heterocycles. The number of allylic oxidation sites excluding steroid dienone is 26. The Bertz CT molecular complexity index is 2360. The number of rotatable bonds is 3. The lowest BCUT2D eigenvalue weighted by Crippen LogP contribution is -2.29. The predicted molar refractivity (Wildman–Crippen MR) is 231 cm³/mol. The Balaban J connectivity index is 1.08. The Morgan fingerprint density at radius 1 is 0.545 bits per heavy atom. The van der Waals surface area contributed by atoms with Crippen molar-refractivity contribution in [2.24, 2.45) is 23.7 Å². The van der Waals surface area contributed by atoms with E-state index in [0.717, 1.165) is 6.42 Å². The minimum absolute atomic E-state index is 0.0635. The number of fused-ring (bicyclic) bond motifs is 6. The molecule has 0 N–H and O–H groups in total. The van der Waals surface area contributed by atoms with Crippen LogP contribution in [0.2, 0.25) is 0 Å². The highest BCUT2D eigenvalue weighted by molar-refractivity contribution is 5.84. The quantitative estimate of drug-likeness (QED) is 0.292. The van der Waals surface area contributed by atoms with Gasteiger partial charge in [0, 0.05) is 17.3 Å². The second kappa shape index (κ2) is 12.9. The molecule has 0 nitrogen and oxygen atoms in total. The van der Waals surface area contributed by atoms with Crippen LogP contribution in [0.25, 0.3) is 5.57 Å². The monoisotopic (exact) mass is 718 g/mol. The van der Waals surface area contributed by atoms with Crippen molar-refractivity contribution in [2.45, 2.75) is 123 Å². The van der Waals surface area contributed by atoms with Crippen LogP contribution in [0.3, 0.4) is 0 Å². The summed E-state index contributed by atoms with van der Waals surface area (Å²) in [6.45, 7) is 9.80. The van der Waals surface area contributed by atoms with Gasteiger partial charge in [-0.3, -0.25) is 0 Å². The zero-order valence-electron chi connectivity index (χ0n) is 33.8. The van der Waals surface area contributed by atoms with Gasteiger partial charge in [-0.1, -0.05) is 110 Å². The van der Waals surface area contributed by atoms with E-state index in [1.807, 2.05) is 0 Å². The molecule has 0 radical (unpaired) electrons. The van der Waals surface area contributed by atoms with Crippen molar-refractivity contribution in [1.29, 1.82) is 0 Å². The zero-order chi connectivity index (χ0) is 37.0. The van der Waals surface area contributed by atoms with Gasteiger partial charge in [-0.2, -0.15) is 0 Å². The molecule has 0 heteroatoms. The fraction of sp³-hybridized carbons (Fsp3) is 0.418. The molecule has 1 aromatic rings. The second-order valence-electron chi connectivity index (χ2n) is 19.0. The molecular formula is C55H58. The highest BCUT2D eigenvalue weighted by Gasteiger charge is 2.43. The average Bonchev–Trinajstić information content (AvgIpc) is 3.45. The number of hydrogen-bond acceptors (Lipinski definition) is 0. The topological polar surface area (TPSA) is 0 Å². The Morgan fingerprint density at radius 3 is 1.80 bits per heavy atom. The molecule has 0 amide bonds. The molecule has 4 atom stereocenters. The first-order valence-corrected chi connectivity index (χ1v) is 22.1. The summed E-state index contributed by atoms with van der Waals surface area (Å²) in [5.41, 5.74) is 29.6. The second-order valence-corrected chi connectivity index (χ2v) is 19.0. The van der Waals surface area contributed by atoms with E-state index >= 15 is 0 Å². The molecular weight excluding hydrogens is 661 g/mol. The third-order valence-corrected chi connectivity index (χ3v) is 15.9. The first-order valence-electron chi connectivity index (χ1n) is 22.1. The van der Waals surface area contributed by atoms with E-state index in [1.165, 1.54) is 94.6 Å². The van der Waals surface area contributed by atoms with Crippen molar-refractivity contribution in [1.82, 2.24) is 0 Å². The summed E-state index contributed by atoms with van der Waals surface area (Å²) >= 11 is 0. The van der Waals surface area contributed by atoms with Crippen molar-refractivity contribution < 1.29 is 0 Å². The van der Waals surface area contributed by atoms with Gasteiger partial charge < -0.3 is 0 Å². The summed E-state index contributed by atoms with van der Waals surface area (Å²) < 4.78 is 0. The van der Waals surface area contributed by atoms with Gasteiger partial charge in [0.05, 0.1) is 0 Å². The molecule has 1 aromatic carbocycles. The lowest BCUT2D eigenvalue weighted by molar-refractivity contribution is 0.528. The number of hydrogen-bond donors (Lipinski definition) is 0. The third kappa shape index (κ3) is 5.22. The molecule has 278 valence electrons. The van der Waals surface area contributed by atoms with E-state index in [4.69, 9.17) is 0 Å². The molecule has 0 saturated heterocycles. The van der Waals surface area contributed by atoms with Gasteiger partial charge in [-0.05, 0) is 205 Å². The van der Waals surface area contributed by atoms with E-state index in [9.17, 15) is 0 Å². The average molecular weight is 719 g/mol. The van der Waals surface area contributed by atoms with Gasteiger partial charge >= 0.3 is 0 Å².